The van der Waals surface area contributed by atoms with E-state index in [2.05, 4.69) is 10.2 Å². The van der Waals surface area contributed by atoms with Crippen molar-refractivity contribution in [1.82, 2.24) is 15.1 Å². The van der Waals surface area contributed by atoms with Gasteiger partial charge in [-0.25, -0.2) is 13.2 Å². The molecule has 32 heavy (non-hydrogen) atoms. The number of β-amino-alcohol motifs (C(OH)–C–C–N with tert-alkyl or cyclic N) is 1. The Bertz CT molecular complexity index is 895. The van der Waals surface area contributed by atoms with Crippen LogP contribution in [-0.2, 0) is 11.3 Å². The van der Waals surface area contributed by atoms with Gasteiger partial charge in [-0.2, -0.15) is 0 Å². The van der Waals surface area contributed by atoms with Crippen molar-refractivity contribution >= 4 is 5.91 Å². The summed E-state index contributed by atoms with van der Waals surface area (Å²) in [4.78, 5) is 16.3. The van der Waals surface area contributed by atoms with E-state index in [1.54, 1.807) is 12.1 Å². The van der Waals surface area contributed by atoms with Gasteiger partial charge in [0, 0.05) is 44.3 Å². The topological polar surface area (TPSA) is 65.0 Å². The Morgan fingerprint density at radius 1 is 1.12 bits per heavy atom. The molecule has 0 aromatic heterocycles. The fraction of sp³-hybridized carbons (Fsp3) is 0.435. The number of piperazine rings is 1. The molecule has 0 aliphatic carbocycles. The Morgan fingerprint density at radius 3 is 2.50 bits per heavy atom. The van der Waals surface area contributed by atoms with Gasteiger partial charge >= 0.3 is 0 Å². The normalized spacial score (nSPS) is 18.3. The first kappa shape index (κ1) is 24.0. The monoisotopic (exact) mass is 451 g/mol. The van der Waals surface area contributed by atoms with Gasteiger partial charge in [-0.1, -0.05) is 18.2 Å². The molecular weight excluding hydrogens is 423 g/mol. The van der Waals surface area contributed by atoms with Crippen molar-refractivity contribution in [3.8, 4) is 5.75 Å². The average molecular weight is 451 g/mol. The first-order valence-corrected chi connectivity index (χ1v) is 10.5. The number of nitrogens with zero attached hydrogens (tertiary/aromatic N) is 2. The van der Waals surface area contributed by atoms with Crippen LogP contribution in [0.25, 0.3) is 0 Å². The summed E-state index contributed by atoms with van der Waals surface area (Å²) in [6.45, 7) is 4.07. The second kappa shape index (κ2) is 11.3. The van der Waals surface area contributed by atoms with E-state index in [9.17, 15) is 23.1 Å². The van der Waals surface area contributed by atoms with Crippen LogP contribution in [0.3, 0.4) is 0 Å². The number of ether oxygens (including phenoxy) is 1. The van der Waals surface area contributed by atoms with Gasteiger partial charge in [-0.05, 0) is 31.2 Å². The van der Waals surface area contributed by atoms with Crippen LogP contribution in [0, 0.1) is 17.5 Å². The third-order valence-corrected chi connectivity index (χ3v) is 5.45. The molecule has 1 saturated heterocycles. The molecule has 174 valence electrons. The third kappa shape index (κ3) is 6.69. The van der Waals surface area contributed by atoms with E-state index in [0.29, 0.717) is 26.2 Å². The molecule has 2 aromatic rings. The maximum absolute atomic E-state index is 13.7. The molecule has 0 unspecified atom stereocenters. The van der Waals surface area contributed by atoms with Crippen molar-refractivity contribution < 1.29 is 27.8 Å². The standard InChI is InChI=1S/C23H28F3N3O3/c1-16-12-28(14-23(31)27-11-18-19(24)6-4-7-20(18)25)9-10-29(16)13-17(30)15-32-22-8-3-2-5-21(22)26/h2-8,16-17,30H,9-15H2,1H3,(H,27,31)/t16-,17+/m0/s1. The Morgan fingerprint density at radius 2 is 1.81 bits per heavy atom. The van der Waals surface area contributed by atoms with E-state index in [-0.39, 0.29) is 43.0 Å². The van der Waals surface area contributed by atoms with Crippen LogP contribution in [-0.4, -0.2) is 72.3 Å². The zero-order chi connectivity index (χ0) is 23.1. The summed E-state index contributed by atoms with van der Waals surface area (Å²) in [6, 6.07) is 9.69. The predicted molar refractivity (Wildman–Crippen MR) is 114 cm³/mol. The fourth-order valence-electron chi connectivity index (χ4n) is 3.70. The number of nitrogens with one attached hydrogen (secondary N) is 1. The van der Waals surface area contributed by atoms with Crippen LogP contribution in [0.5, 0.6) is 5.75 Å². The molecule has 2 aromatic carbocycles. The number of hydrogen-bond acceptors (Lipinski definition) is 5. The highest BCUT2D eigenvalue weighted by Crippen LogP contribution is 2.16. The molecule has 1 fully saturated rings. The minimum absolute atomic E-state index is 0.0249. The highest BCUT2D eigenvalue weighted by molar-refractivity contribution is 5.78. The number of aliphatic hydroxyl groups is 1. The van der Waals surface area contributed by atoms with Crippen molar-refractivity contribution in [3.05, 3.63) is 65.5 Å². The number of benzene rings is 2. The summed E-state index contributed by atoms with van der Waals surface area (Å²) in [5, 5.41) is 12.8. The molecule has 2 atom stereocenters. The van der Waals surface area contributed by atoms with E-state index in [0.717, 1.165) is 12.1 Å². The Balaban J connectivity index is 1.39. The number of amides is 1. The van der Waals surface area contributed by atoms with E-state index >= 15 is 0 Å². The van der Waals surface area contributed by atoms with Gasteiger partial charge < -0.3 is 15.2 Å². The lowest BCUT2D eigenvalue weighted by Gasteiger charge is -2.40. The van der Waals surface area contributed by atoms with Gasteiger partial charge in [-0.15, -0.1) is 0 Å². The van der Waals surface area contributed by atoms with E-state index < -0.39 is 23.6 Å². The van der Waals surface area contributed by atoms with Gasteiger partial charge in [0.15, 0.2) is 11.6 Å². The summed E-state index contributed by atoms with van der Waals surface area (Å²) in [5.74, 6) is -2.06. The van der Waals surface area contributed by atoms with E-state index in [1.807, 2.05) is 11.8 Å². The molecule has 0 radical (unpaired) electrons. The van der Waals surface area contributed by atoms with Crippen molar-refractivity contribution in [2.75, 3.05) is 39.3 Å². The summed E-state index contributed by atoms with van der Waals surface area (Å²) in [5.41, 5.74) is -0.161. The zero-order valence-electron chi connectivity index (χ0n) is 17.9. The second-order valence-corrected chi connectivity index (χ2v) is 7.95. The third-order valence-electron chi connectivity index (χ3n) is 5.45. The van der Waals surface area contributed by atoms with E-state index in [4.69, 9.17) is 4.74 Å². The fourth-order valence-corrected chi connectivity index (χ4v) is 3.70. The Hall–Kier alpha value is -2.62. The number of hydrogen-bond donors (Lipinski definition) is 2. The quantitative estimate of drug-likeness (QED) is 0.612. The molecular formula is C23H28F3N3O3. The molecule has 2 N–H and O–H groups in total. The summed E-state index contributed by atoms with van der Waals surface area (Å²) >= 11 is 0. The van der Waals surface area contributed by atoms with Crippen molar-refractivity contribution in [2.24, 2.45) is 0 Å². The Kier molecular flexibility index (Phi) is 8.49. The highest BCUT2D eigenvalue weighted by Gasteiger charge is 2.26. The van der Waals surface area contributed by atoms with Gasteiger partial charge in [0.2, 0.25) is 5.91 Å². The summed E-state index contributed by atoms with van der Waals surface area (Å²) in [6.07, 6.45) is -0.789. The van der Waals surface area contributed by atoms with Crippen molar-refractivity contribution in [2.45, 2.75) is 25.6 Å². The maximum atomic E-state index is 13.7. The maximum Gasteiger partial charge on any atom is 0.234 e. The van der Waals surface area contributed by atoms with Crippen molar-refractivity contribution in [1.29, 1.82) is 0 Å². The highest BCUT2D eigenvalue weighted by atomic mass is 19.1. The van der Waals surface area contributed by atoms with Crippen LogP contribution in [0.15, 0.2) is 42.5 Å². The molecule has 0 saturated carbocycles. The number of para-hydroxylation sites is 1. The second-order valence-electron chi connectivity index (χ2n) is 7.95. The van der Waals surface area contributed by atoms with Gasteiger partial charge in [0.05, 0.1) is 6.54 Å². The molecule has 0 spiro atoms. The minimum Gasteiger partial charge on any atom is -0.488 e. The summed E-state index contributed by atoms with van der Waals surface area (Å²) < 4.78 is 46.3. The van der Waals surface area contributed by atoms with Gasteiger partial charge in [-0.3, -0.25) is 14.6 Å². The van der Waals surface area contributed by atoms with Crippen molar-refractivity contribution in [3.63, 3.8) is 0 Å². The molecule has 1 amide bonds. The molecule has 1 aliphatic rings. The van der Waals surface area contributed by atoms with Gasteiger partial charge in [0.25, 0.3) is 0 Å². The first-order chi connectivity index (χ1) is 15.3. The molecule has 6 nitrogen and oxygen atoms in total. The number of carbonyl (C=O) groups is 1. The average Bonchev–Trinajstić information content (AvgIpc) is 2.75. The van der Waals surface area contributed by atoms with Crippen LogP contribution >= 0.6 is 0 Å². The zero-order valence-corrected chi connectivity index (χ0v) is 17.9. The first-order valence-electron chi connectivity index (χ1n) is 10.5. The van der Waals surface area contributed by atoms with Crippen LogP contribution < -0.4 is 10.1 Å². The van der Waals surface area contributed by atoms with Crippen LogP contribution in [0.1, 0.15) is 12.5 Å². The number of aliphatic hydroxyl groups excluding tert-OH is 1. The molecule has 3 rings (SSSR count). The lowest BCUT2D eigenvalue weighted by molar-refractivity contribution is -0.123. The van der Waals surface area contributed by atoms with E-state index in [1.165, 1.54) is 18.2 Å². The largest absolute Gasteiger partial charge is 0.488 e. The molecule has 1 aliphatic heterocycles. The smallest absolute Gasteiger partial charge is 0.234 e. The lowest BCUT2D eigenvalue weighted by atomic mass is 10.1. The number of carbonyl (C=O) groups excluding carboxylic acids is 1. The number of rotatable bonds is 9. The molecule has 0 bridgehead atoms. The number of halogens is 3. The minimum atomic E-state index is -0.789. The van der Waals surface area contributed by atoms with Crippen LogP contribution in [0.2, 0.25) is 0 Å². The molecule has 9 heteroatoms. The SMILES string of the molecule is C[C@H]1CN(CC(=O)NCc2c(F)cccc2F)CCN1C[C@@H](O)COc1ccccc1F. The lowest BCUT2D eigenvalue weighted by Crippen LogP contribution is -2.55. The van der Waals surface area contributed by atoms with Crippen LogP contribution in [0.4, 0.5) is 13.2 Å². The summed E-state index contributed by atoms with van der Waals surface area (Å²) in [7, 11) is 0. The van der Waals surface area contributed by atoms with Gasteiger partial charge in [0.1, 0.15) is 24.3 Å². The predicted octanol–water partition coefficient (Wildman–Crippen LogP) is 2.17. The molecule has 1 heterocycles. The Labute approximate surface area is 185 Å².